The largest absolute Gasteiger partial charge is 0.494 e. The summed E-state index contributed by atoms with van der Waals surface area (Å²) < 4.78 is 27.5. The van der Waals surface area contributed by atoms with Gasteiger partial charge in [-0.1, -0.05) is 121 Å². The Balaban J connectivity index is 1.04. The molecule has 62 heavy (non-hydrogen) atoms. The number of ether oxygens (including phenoxy) is 5. The molecule has 0 saturated heterocycles. The summed E-state index contributed by atoms with van der Waals surface area (Å²) in [6.07, 6.45) is 24.2. The zero-order valence-electron chi connectivity index (χ0n) is 37.0. The van der Waals surface area contributed by atoms with Crippen molar-refractivity contribution in [1.29, 1.82) is 0 Å². The number of benzene rings is 3. The Bertz CT molecular complexity index is 1830. The molecule has 0 amide bonds. The second-order valence-corrected chi connectivity index (χ2v) is 16.3. The lowest BCUT2D eigenvalue weighted by Gasteiger charge is -2.27. The van der Waals surface area contributed by atoms with Crippen LogP contribution in [0.25, 0.3) is 0 Å². The second kappa shape index (κ2) is 29.8. The van der Waals surface area contributed by atoms with Gasteiger partial charge < -0.3 is 23.7 Å². The van der Waals surface area contributed by atoms with Crippen LogP contribution in [0.2, 0.25) is 0 Å². The molecule has 0 radical (unpaired) electrons. The van der Waals surface area contributed by atoms with Crippen molar-refractivity contribution in [2.75, 3.05) is 13.2 Å². The zero-order valence-corrected chi connectivity index (χ0v) is 37.0. The molecule has 334 valence electrons. The smallest absolute Gasteiger partial charge is 0.390 e. The molecule has 1 saturated carbocycles. The number of esters is 4. The van der Waals surface area contributed by atoms with Gasteiger partial charge in [0, 0.05) is 24.0 Å². The molecule has 0 bridgehead atoms. The lowest BCUT2D eigenvalue weighted by molar-refractivity contribution is -0.140. The van der Waals surface area contributed by atoms with Gasteiger partial charge in [0.25, 0.3) is 0 Å². The normalized spacial score (nSPS) is 14.5. The molecule has 0 atom stereocenters. The van der Waals surface area contributed by atoms with Crippen molar-refractivity contribution in [2.24, 2.45) is 5.92 Å². The summed E-state index contributed by atoms with van der Waals surface area (Å²) in [6, 6.07) is 21.6. The van der Waals surface area contributed by atoms with Crippen molar-refractivity contribution in [1.82, 2.24) is 0 Å². The summed E-state index contributed by atoms with van der Waals surface area (Å²) in [6.45, 7) is 6.75. The van der Waals surface area contributed by atoms with Crippen LogP contribution in [-0.2, 0) is 23.9 Å². The minimum absolute atomic E-state index is 0.180. The number of carbonyl (C=O) groups excluding carboxylic acids is 4. The molecule has 3 aromatic rings. The van der Waals surface area contributed by atoms with Crippen LogP contribution < -0.4 is 18.9 Å². The minimum Gasteiger partial charge on any atom is -0.494 e. The molecule has 0 aliphatic heterocycles. The molecule has 9 heteroatoms. The zero-order chi connectivity index (χ0) is 44.0. The van der Waals surface area contributed by atoms with E-state index in [0.717, 1.165) is 88.4 Å². The van der Waals surface area contributed by atoms with Crippen molar-refractivity contribution in [3.8, 4) is 34.8 Å². The molecular weight excluding hydrogens is 781 g/mol. The highest BCUT2D eigenvalue weighted by Gasteiger charge is 2.28. The molecule has 9 nitrogen and oxygen atoms in total. The Morgan fingerprint density at radius 3 is 1.68 bits per heavy atom. The molecule has 1 aliphatic rings. The predicted molar refractivity (Wildman–Crippen MR) is 243 cm³/mol. The van der Waals surface area contributed by atoms with Gasteiger partial charge in [0.1, 0.15) is 23.0 Å². The Morgan fingerprint density at radius 2 is 1.08 bits per heavy atom. The Labute approximate surface area is 370 Å². The molecule has 0 N–H and O–H groups in total. The van der Waals surface area contributed by atoms with E-state index in [-0.39, 0.29) is 23.8 Å². The van der Waals surface area contributed by atoms with Gasteiger partial charge in [0.05, 0.1) is 19.1 Å². The van der Waals surface area contributed by atoms with Crippen LogP contribution in [0.3, 0.4) is 0 Å². The minimum atomic E-state index is -0.631. The van der Waals surface area contributed by atoms with Crippen molar-refractivity contribution >= 4 is 23.9 Å². The lowest BCUT2D eigenvalue weighted by Crippen LogP contribution is -2.25. The fraction of sp³-hybridized carbons (Fsp3) is 0.509. The highest BCUT2D eigenvalue weighted by Crippen LogP contribution is 2.37. The van der Waals surface area contributed by atoms with E-state index in [2.05, 4.69) is 25.3 Å². The fourth-order valence-corrected chi connectivity index (χ4v) is 7.58. The Kier molecular flexibility index (Phi) is 23.7. The first kappa shape index (κ1) is 49.3. The number of unbranched alkanes of at least 4 members (excludes halogenated alkanes) is 15. The van der Waals surface area contributed by atoms with Gasteiger partial charge in [-0.25, -0.2) is 9.59 Å². The van der Waals surface area contributed by atoms with E-state index in [4.69, 9.17) is 23.7 Å². The molecular formula is C53H68O9. The average Bonchev–Trinajstić information content (AvgIpc) is 3.29. The summed E-state index contributed by atoms with van der Waals surface area (Å²) >= 11 is 0. The predicted octanol–water partition coefficient (Wildman–Crippen LogP) is 12.6. The third-order valence-corrected chi connectivity index (χ3v) is 11.3. The first-order valence-electron chi connectivity index (χ1n) is 23.2. The molecule has 0 aromatic heterocycles. The molecule has 1 aliphatic carbocycles. The fourth-order valence-electron chi connectivity index (χ4n) is 7.58. The van der Waals surface area contributed by atoms with E-state index in [1.807, 2.05) is 36.4 Å². The quantitative estimate of drug-likeness (QED) is 0.0232. The van der Waals surface area contributed by atoms with Crippen LogP contribution in [0.4, 0.5) is 0 Å². The van der Waals surface area contributed by atoms with E-state index >= 15 is 0 Å². The van der Waals surface area contributed by atoms with Gasteiger partial charge in [-0.05, 0) is 117 Å². The maximum Gasteiger partial charge on any atom is 0.390 e. The SMILES string of the molecule is C=CC(=O)OCCCCCCCCCCCOc1ccc(C#CC(=O)Oc2ccc(C3CCC(C(=O)Oc4ccc(OC(=O)CCCCCCCCCC)cc4)CC3)cc2)cc1. The van der Waals surface area contributed by atoms with E-state index < -0.39 is 5.97 Å². The summed E-state index contributed by atoms with van der Waals surface area (Å²) in [5, 5.41) is 0. The lowest BCUT2D eigenvalue weighted by atomic mass is 9.79. The Hall–Kier alpha value is -5.36. The van der Waals surface area contributed by atoms with Crippen molar-refractivity contribution in [2.45, 2.75) is 154 Å². The van der Waals surface area contributed by atoms with Crippen molar-refractivity contribution < 1.29 is 42.9 Å². The number of hydrogen-bond donors (Lipinski definition) is 0. The van der Waals surface area contributed by atoms with Gasteiger partial charge in [-0.15, -0.1) is 0 Å². The van der Waals surface area contributed by atoms with Crippen LogP contribution >= 0.6 is 0 Å². The van der Waals surface area contributed by atoms with E-state index in [1.54, 1.807) is 36.4 Å². The highest BCUT2D eigenvalue weighted by atomic mass is 16.5. The highest BCUT2D eigenvalue weighted by molar-refractivity contribution is 5.90. The second-order valence-electron chi connectivity index (χ2n) is 16.3. The molecule has 0 unspecified atom stereocenters. The van der Waals surface area contributed by atoms with Gasteiger partial charge in [-0.3, -0.25) is 9.59 Å². The first-order chi connectivity index (χ1) is 30.3. The summed E-state index contributed by atoms with van der Waals surface area (Å²) in [5.74, 6) is 6.20. The van der Waals surface area contributed by atoms with Gasteiger partial charge in [0.15, 0.2) is 0 Å². The third kappa shape index (κ3) is 20.5. The third-order valence-electron chi connectivity index (χ3n) is 11.3. The van der Waals surface area contributed by atoms with Crippen LogP contribution in [0, 0.1) is 17.8 Å². The summed E-state index contributed by atoms with van der Waals surface area (Å²) in [7, 11) is 0. The molecule has 4 rings (SSSR count). The van der Waals surface area contributed by atoms with Gasteiger partial charge in [0.2, 0.25) is 0 Å². The summed E-state index contributed by atoms with van der Waals surface area (Å²) in [5.41, 5.74) is 1.84. The molecule has 0 spiro atoms. The van der Waals surface area contributed by atoms with E-state index in [9.17, 15) is 19.2 Å². The van der Waals surface area contributed by atoms with Crippen LogP contribution in [0.5, 0.6) is 23.0 Å². The van der Waals surface area contributed by atoms with Crippen molar-refractivity contribution in [3.05, 3.63) is 96.6 Å². The number of rotatable bonds is 28. The van der Waals surface area contributed by atoms with E-state index in [0.29, 0.717) is 48.4 Å². The number of hydrogen-bond acceptors (Lipinski definition) is 9. The van der Waals surface area contributed by atoms with Crippen LogP contribution in [-0.4, -0.2) is 37.1 Å². The van der Waals surface area contributed by atoms with Crippen LogP contribution in [0.1, 0.15) is 165 Å². The van der Waals surface area contributed by atoms with Crippen molar-refractivity contribution in [3.63, 3.8) is 0 Å². The van der Waals surface area contributed by atoms with Gasteiger partial charge in [-0.2, -0.15) is 0 Å². The average molecular weight is 849 g/mol. The Morgan fingerprint density at radius 1 is 0.581 bits per heavy atom. The molecule has 3 aromatic carbocycles. The number of carbonyl (C=O) groups is 4. The maximum atomic E-state index is 13.0. The first-order valence-corrected chi connectivity index (χ1v) is 23.2. The molecule has 1 fully saturated rings. The monoisotopic (exact) mass is 848 g/mol. The summed E-state index contributed by atoms with van der Waals surface area (Å²) in [4.78, 5) is 48.7. The molecule has 0 heterocycles. The topological polar surface area (TPSA) is 114 Å². The van der Waals surface area contributed by atoms with E-state index in [1.165, 1.54) is 63.9 Å². The van der Waals surface area contributed by atoms with Gasteiger partial charge >= 0.3 is 23.9 Å². The maximum absolute atomic E-state index is 13.0. The standard InChI is InChI=1S/C53H68O9/c1-3-5-6-7-8-12-15-18-21-51(55)60-48-35-37-49(38-36-48)62-53(57)45-27-25-43(26-28-45)44-29-33-47(34-30-44)61-52(56)39-24-42-22-31-46(32-23-42)58-40-19-16-13-10-9-11-14-17-20-41-59-50(54)4-2/h4,22-23,29-38,43,45H,2-3,5-21,25-28,40-41H2,1H3. The van der Waals surface area contributed by atoms with Crippen LogP contribution in [0.15, 0.2) is 85.5 Å².